The Kier molecular flexibility index (Phi) is 50.8. The minimum absolute atomic E-state index is 0.0790. The van der Waals surface area contributed by atoms with Crippen LogP contribution in [0.15, 0.2) is 48.6 Å². The van der Waals surface area contributed by atoms with Crippen molar-refractivity contribution in [1.82, 2.24) is 0 Å². The molecule has 0 aliphatic heterocycles. The van der Waals surface area contributed by atoms with E-state index in [1.807, 2.05) is 0 Å². The van der Waals surface area contributed by atoms with Gasteiger partial charge in [-0.25, -0.2) is 0 Å². The highest BCUT2D eigenvalue weighted by molar-refractivity contribution is 5.71. The molecule has 0 aromatic heterocycles. The molecular weight excluding hydrogens is 793 g/mol. The smallest absolute Gasteiger partial charge is 0.306 e. The number of carbonyl (C=O) groups excluding carboxylic acids is 3. The highest BCUT2D eigenvalue weighted by atomic mass is 16.6. The lowest BCUT2D eigenvalue weighted by atomic mass is 10.0. The molecule has 64 heavy (non-hydrogen) atoms. The fourth-order valence-electron chi connectivity index (χ4n) is 7.96. The average Bonchev–Trinajstić information content (AvgIpc) is 3.29. The van der Waals surface area contributed by atoms with E-state index >= 15 is 0 Å². The first-order valence-corrected chi connectivity index (χ1v) is 27.6. The van der Waals surface area contributed by atoms with Gasteiger partial charge in [0.1, 0.15) is 13.2 Å². The molecule has 0 N–H and O–H groups in total. The summed E-state index contributed by atoms with van der Waals surface area (Å²) in [6.07, 6.45) is 63.8. The Labute approximate surface area is 397 Å². The van der Waals surface area contributed by atoms with Gasteiger partial charge in [-0.15, -0.1) is 0 Å². The van der Waals surface area contributed by atoms with Crippen molar-refractivity contribution in [3.8, 4) is 0 Å². The number of hydrogen-bond donors (Lipinski definition) is 0. The van der Waals surface area contributed by atoms with Crippen molar-refractivity contribution in [3.63, 3.8) is 0 Å². The number of carbonyl (C=O) groups is 3. The third kappa shape index (κ3) is 50.4. The van der Waals surface area contributed by atoms with Crippen molar-refractivity contribution in [2.45, 2.75) is 290 Å². The topological polar surface area (TPSA) is 78.9 Å². The van der Waals surface area contributed by atoms with Gasteiger partial charge in [0, 0.05) is 19.3 Å². The number of ether oxygens (including phenoxy) is 3. The summed E-state index contributed by atoms with van der Waals surface area (Å²) in [6, 6.07) is 0. The van der Waals surface area contributed by atoms with E-state index in [4.69, 9.17) is 14.2 Å². The molecule has 0 aromatic carbocycles. The van der Waals surface area contributed by atoms with E-state index in [1.165, 1.54) is 154 Å². The molecule has 0 spiro atoms. The Morgan fingerprint density at radius 2 is 0.609 bits per heavy atom. The number of unbranched alkanes of at least 4 members (excludes halogenated alkanes) is 31. The van der Waals surface area contributed by atoms with Crippen LogP contribution in [0, 0.1) is 0 Å². The average molecular weight is 897 g/mol. The monoisotopic (exact) mass is 897 g/mol. The second-order valence-electron chi connectivity index (χ2n) is 18.5. The number of hydrogen-bond acceptors (Lipinski definition) is 6. The summed E-state index contributed by atoms with van der Waals surface area (Å²) >= 11 is 0. The summed E-state index contributed by atoms with van der Waals surface area (Å²) in [4.78, 5) is 38.1. The number of esters is 3. The Bertz CT molecular complexity index is 1120. The summed E-state index contributed by atoms with van der Waals surface area (Å²) in [6.45, 7) is 6.53. The standard InChI is InChI=1S/C58H104O6/c1-4-7-10-13-16-19-22-25-28-31-33-36-39-42-45-48-51-57(60)63-54-55(64-58(61)52-49-46-43-40-37-34-30-27-24-21-18-15-12-9-6-3)53-62-56(59)50-47-44-41-38-35-32-29-26-23-20-17-14-11-8-5-2/h7,10,16,19,25,28,33,36,55H,4-6,8-9,11-15,17-18,20-24,26-27,29-32,34-35,37-54H2,1-3H3/b10-7-,19-16-,28-25-,36-33-. The predicted octanol–water partition coefficient (Wildman–Crippen LogP) is 18.3. The Morgan fingerprint density at radius 1 is 0.328 bits per heavy atom. The van der Waals surface area contributed by atoms with Crippen LogP contribution >= 0.6 is 0 Å². The third-order valence-electron chi connectivity index (χ3n) is 12.1. The van der Waals surface area contributed by atoms with E-state index in [0.29, 0.717) is 19.3 Å². The fraction of sp³-hybridized carbons (Fsp3) is 0.810. The minimum Gasteiger partial charge on any atom is -0.462 e. The second kappa shape index (κ2) is 53.0. The molecule has 0 saturated carbocycles. The van der Waals surface area contributed by atoms with Gasteiger partial charge in [0.25, 0.3) is 0 Å². The van der Waals surface area contributed by atoms with Gasteiger partial charge < -0.3 is 14.2 Å². The summed E-state index contributed by atoms with van der Waals surface area (Å²) < 4.78 is 16.8. The number of rotatable bonds is 50. The molecule has 0 rings (SSSR count). The molecule has 0 aromatic rings. The lowest BCUT2D eigenvalue weighted by Crippen LogP contribution is -2.30. The van der Waals surface area contributed by atoms with Gasteiger partial charge in [-0.2, -0.15) is 0 Å². The third-order valence-corrected chi connectivity index (χ3v) is 12.1. The molecule has 0 heterocycles. The van der Waals surface area contributed by atoms with Gasteiger partial charge in [0.2, 0.25) is 0 Å². The lowest BCUT2D eigenvalue weighted by Gasteiger charge is -2.18. The lowest BCUT2D eigenvalue weighted by molar-refractivity contribution is -0.167. The minimum atomic E-state index is -0.782. The van der Waals surface area contributed by atoms with Gasteiger partial charge in [-0.1, -0.05) is 256 Å². The quantitative estimate of drug-likeness (QED) is 0.0262. The van der Waals surface area contributed by atoms with E-state index in [0.717, 1.165) is 89.9 Å². The van der Waals surface area contributed by atoms with Crippen molar-refractivity contribution >= 4 is 17.9 Å². The normalized spacial score (nSPS) is 12.4. The van der Waals surface area contributed by atoms with Crippen LogP contribution in [0.25, 0.3) is 0 Å². The second-order valence-corrected chi connectivity index (χ2v) is 18.5. The van der Waals surface area contributed by atoms with Crippen molar-refractivity contribution in [2.75, 3.05) is 13.2 Å². The van der Waals surface area contributed by atoms with Crippen LogP contribution in [0.3, 0.4) is 0 Å². The van der Waals surface area contributed by atoms with Crippen LogP contribution in [0.1, 0.15) is 284 Å². The number of allylic oxidation sites excluding steroid dienone is 8. The maximum atomic E-state index is 12.8. The molecule has 6 heteroatoms. The molecule has 1 unspecified atom stereocenters. The van der Waals surface area contributed by atoms with Crippen molar-refractivity contribution in [1.29, 1.82) is 0 Å². The van der Waals surface area contributed by atoms with Crippen LogP contribution in [-0.2, 0) is 28.6 Å². The van der Waals surface area contributed by atoms with Gasteiger partial charge in [0.15, 0.2) is 6.10 Å². The molecule has 0 aliphatic rings. The highest BCUT2D eigenvalue weighted by Gasteiger charge is 2.19. The summed E-state index contributed by atoms with van der Waals surface area (Å²) in [5.74, 6) is -0.897. The van der Waals surface area contributed by atoms with Crippen LogP contribution in [0.5, 0.6) is 0 Å². The molecule has 372 valence electrons. The SMILES string of the molecule is CC/C=C\C/C=C\C/C=C\C/C=C\CCCCCC(=O)OCC(COC(=O)CCCCCCCCCCCCCCCCC)OC(=O)CCCCCCCCCCCCCCCCC. The molecule has 0 fully saturated rings. The Morgan fingerprint density at radius 3 is 0.953 bits per heavy atom. The zero-order valence-electron chi connectivity index (χ0n) is 42.6. The Balaban J connectivity index is 4.39. The zero-order chi connectivity index (χ0) is 46.5. The van der Waals surface area contributed by atoms with Gasteiger partial charge >= 0.3 is 17.9 Å². The molecule has 0 aliphatic carbocycles. The van der Waals surface area contributed by atoms with Crippen LogP contribution in [-0.4, -0.2) is 37.2 Å². The maximum Gasteiger partial charge on any atom is 0.306 e. The molecule has 0 amide bonds. The van der Waals surface area contributed by atoms with Gasteiger partial charge in [-0.3, -0.25) is 14.4 Å². The maximum absolute atomic E-state index is 12.8. The molecule has 6 nitrogen and oxygen atoms in total. The molecular formula is C58H104O6. The molecule has 0 saturated heterocycles. The zero-order valence-corrected chi connectivity index (χ0v) is 42.6. The largest absolute Gasteiger partial charge is 0.462 e. The van der Waals surface area contributed by atoms with Crippen molar-refractivity contribution in [3.05, 3.63) is 48.6 Å². The molecule has 1 atom stereocenters. The first-order valence-electron chi connectivity index (χ1n) is 27.6. The van der Waals surface area contributed by atoms with E-state index in [-0.39, 0.29) is 31.1 Å². The van der Waals surface area contributed by atoms with E-state index < -0.39 is 6.10 Å². The van der Waals surface area contributed by atoms with Crippen molar-refractivity contribution < 1.29 is 28.6 Å². The van der Waals surface area contributed by atoms with Crippen LogP contribution in [0.4, 0.5) is 0 Å². The van der Waals surface area contributed by atoms with E-state index in [9.17, 15) is 14.4 Å². The predicted molar refractivity (Wildman–Crippen MR) is 275 cm³/mol. The Hall–Kier alpha value is -2.63. The van der Waals surface area contributed by atoms with E-state index in [1.54, 1.807) is 0 Å². The summed E-state index contributed by atoms with van der Waals surface area (Å²) in [5, 5.41) is 0. The van der Waals surface area contributed by atoms with Crippen LogP contribution in [0.2, 0.25) is 0 Å². The highest BCUT2D eigenvalue weighted by Crippen LogP contribution is 2.16. The fourth-order valence-corrected chi connectivity index (χ4v) is 7.96. The van der Waals surface area contributed by atoms with Gasteiger partial charge in [-0.05, 0) is 57.8 Å². The first-order chi connectivity index (χ1) is 31.5. The van der Waals surface area contributed by atoms with Crippen molar-refractivity contribution in [2.24, 2.45) is 0 Å². The summed E-state index contributed by atoms with van der Waals surface area (Å²) in [7, 11) is 0. The first kappa shape index (κ1) is 61.4. The molecule has 0 bridgehead atoms. The van der Waals surface area contributed by atoms with E-state index in [2.05, 4.69) is 69.4 Å². The summed E-state index contributed by atoms with van der Waals surface area (Å²) in [5.41, 5.74) is 0. The van der Waals surface area contributed by atoms with Gasteiger partial charge in [0.05, 0.1) is 0 Å². The van der Waals surface area contributed by atoms with Crippen LogP contribution < -0.4 is 0 Å². The molecule has 0 radical (unpaired) electrons.